The number of benzene rings is 4. The topological polar surface area (TPSA) is 70.7 Å². The first-order chi connectivity index (χ1) is 14.2. The van der Waals surface area contributed by atoms with Crippen molar-refractivity contribution in [3.8, 4) is 33.8 Å². The molecule has 0 fully saturated rings. The van der Waals surface area contributed by atoms with E-state index in [-0.39, 0.29) is 22.6 Å². The predicted octanol–water partition coefficient (Wildman–Crippen LogP) is 5.69. The number of rotatable bonds is 2. The average molecular weight is 380 g/mol. The molecule has 4 nitrogen and oxygen atoms in total. The van der Waals surface area contributed by atoms with Crippen LogP contribution in [0, 0.1) is 0 Å². The van der Waals surface area contributed by atoms with E-state index in [2.05, 4.69) is 0 Å². The zero-order chi connectivity index (χ0) is 20.0. The summed E-state index contributed by atoms with van der Waals surface area (Å²) in [6.07, 6.45) is 0. The Morgan fingerprint density at radius 1 is 0.586 bits per heavy atom. The molecule has 0 saturated heterocycles. The summed E-state index contributed by atoms with van der Waals surface area (Å²) in [5.74, 6) is -0.148. The highest BCUT2D eigenvalue weighted by molar-refractivity contribution is 6.18. The fraction of sp³-hybridized carbons (Fsp3) is 0. The molecule has 0 spiro atoms. The van der Waals surface area contributed by atoms with E-state index >= 15 is 0 Å². The normalized spacial score (nSPS) is 11.2. The summed E-state index contributed by atoms with van der Waals surface area (Å²) >= 11 is 0. The average Bonchev–Trinajstić information content (AvgIpc) is 2.75. The predicted molar refractivity (Wildman–Crippen MR) is 114 cm³/mol. The van der Waals surface area contributed by atoms with Crippen LogP contribution in [-0.4, -0.2) is 10.2 Å². The van der Waals surface area contributed by atoms with Gasteiger partial charge in [0.05, 0.1) is 10.9 Å². The lowest BCUT2D eigenvalue weighted by atomic mass is 9.93. The van der Waals surface area contributed by atoms with Crippen molar-refractivity contribution < 1.29 is 14.6 Å². The van der Waals surface area contributed by atoms with Gasteiger partial charge in [-0.1, -0.05) is 84.9 Å². The molecule has 0 aliphatic heterocycles. The van der Waals surface area contributed by atoms with Crippen LogP contribution < -0.4 is 5.63 Å². The summed E-state index contributed by atoms with van der Waals surface area (Å²) in [7, 11) is 0. The lowest BCUT2D eigenvalue weighted by Crippen LogP contribution is -2.04. The molecule has 1 aromatic heterocycles. The van der Waals surface area contributed by atoms with Gasteiger partial charge in [0.2, 0.25) is 0 Å². The Hall–Kier alpha value is -4.05. The third-order valence-electron chi connectivity index (χ3n) is 5.14. The molecular weight excluding hydrogens is 364 g/mol. The fourth-order valence-electron chi connectivity index (χ4n) is 3.83. The second kappa shape index (κ2) is 6.53. The third-order valence-corrected chi connectivity index (χ3v) is 5.14. The Labute approximate surface area is 165 Å². The maximum atomic E-state index is 12.9. The molecule has 2 N–H and O–H groups in total. The largest absolute Gasteiger partial charge is 0.507 e. The maximum absolute atomic E-state index is 12.9. The van der Waals surface area contributed by atoms with E-state index in [0.29, 0.717) is 32.8 Å². The van der Waals surface area contributed by atoms with Crippen molar-refractivity contribution >= 4 is 21.7 Å². The van der Waals surface area contributed by atoms with Gasteiger partial charge in [0.1, 0.15) is 17.1 Å². The summed E-state index contributed by atoms with van der Waals surface area (Å²) < 4.78 is 5.73. The summed E-state index contributed by atoms with van der Waals surface area (Å²) in [5.41, 5.74) is 1.25. The summed E-state index contributed by atoms with van der Waals surface area (Å²) in [5, 5.41) is 23.8. The molecule has 0 aliphatic rings. The van der Waals surface area contributed by atoms with Gasteiger partial charge in [0.25, 0.3) is 0 Å². The molecule has 0 radical (unpaired) electrons. The van der Waals surface area contributed by atoms with Crippen LogP contribution in [0.3, 0.4) is 0 Å². The van der Waals surface area contributed by atoms with Crippen LogP contribution in [0.15, 0.2) is 94.1 Å². The Morgan fingerprint density at radius 2 is 1.10 bits per heavy atom. The Bertz CT molecular complexity index is 1420. The van der Waals surface area contributed by atoms with E-state index in [1.54, 1.807) is 36.4 Å². The van der Waals surface area contributed by atoms with Crippen molar-refractivity contribution in [3.63, 3.8) is 0 Å². The van der Waals surface area contributed by atoms with Gasteiger partial charge in [-0.05, 0) is 11.1 Å². The zero-order valence-electron chi connectivity index (χ0n) is 15.3. The highest BCUT2D eigenvalue weighted by Gasteiger charge is 2.24. The first-order valence-corrected chi connectivity index (χ1v) is 9.21. The molecular formula is C25H16O4. The lowest BCUT2D eigenvalue weighted by molar-refractivity contribution is 0.469. The molecule has 0 unspecified atom stereocenters. The van der Waals surface area contributed by atoms with Crippen molar-refractivity contribution in [3.05, 3.63) is 95.3 Å². The van der Waals surface area contributed by atoms with E-state index in [1.807, 2.05) is 48.5 Å². The van der Waals surface area contributed by atoms with Gasteiger partial charge in [-0.2, -0.15) is 0 Å². The summed E-state index contributed by atoms with van der Waals surface area (Å²) in [6.45, 7) is 0. The van der Waals surface area contributed by atoms with Crippen LogP contribution in [0.25, 0.3) is 44.0 Å². The Balaban J connectivity index is 2.02. The van der Waals surface area contributed by atoms with E-state index < -0.39 is 5.63 Å². The standard InChI is InChI=1S/C25H16O4/c26-22-18-14-8-7-13-17(18)21-23(27)20(16-11-5-2-6-12-16)25(28)29-24(21)19(22)15-9-3-1-4-10-15/h1-14,26-27H. The van der Waals surface area contributed by atoms with Crippen LogP contribution in [0.1, 0.15) is 0 Å². The molecule has 0 atom stereocenters. The number of hydrogen-bond acceptors (Lipinski definition) is 4. The monoisotopic (exact) mass is 380 g/mol. The van der Waals surface area contributed by atoms with Crippen molar-refractivity contribution in [2.24, 2.45) is 0 Å². The second-order valence-corrected chi connectivity index (χ2v) is 6.82. The van der Waals surface area contributed by atoms with Crippen molar-refractivity contribution in [1.82, 2.24) is 0 Å². The van der Waals surface area contributed by atoms with Crippen LogP contribution in [0.2, 0.25) is 0 Å². The molecule has 0 aliphatic carbocycles. The van der Waals surface area contributed by atoms with Gasteiger partial charge in [-0.15, -0.1) is 0 Å². The summed E-state index contributed by atoms with van der Waals surface area (Å²) in [4.78, 5) is 12.9. The van der Waals surface area contributed by atoms with Crippen molar-refractivity contribution in [2.75, 3.05) is 0 Å². The quantitative estimate of drug-likeness (QED) is 0.305. The van der Waals surface area contributed by atoms with Gasteiger partial charge in [0, 0.05) is 10.8 Å². The van der Waals surface area contributed by atoms with E-state index in [4.69, 9.17) is 4.42 Å². The van der Waals surface area contributed by atoms with Crippen LogP contribution >= 0.6 is 0 Å². The summed E-state index contributed by atoms with van der Waals surface area (Å²) in [6, 6.07) is 25.3. The number of hydrogen-bond donors (Lipinski definition) is 2. The molecule has 1 heterocycles. The van der Waals surface area contributed by atoms with Crippen molar-refractivity contribution in [1.29, 1.82) is 0 Å². The highest BCUT2D eigenvalue weighted by Crippen LogP contribution is 2.47. The zero-order valence-corrected chi connectivity index (χ0v) is 15.3. The first kappa shape index (κ1) is 17.1. The van der Waals surface area contributed by atoms with Crippen LogP contribution in [0.4, 0.5) is 0 Å². The molecule has 140 valence electrons. The second-order valence-electron chi connectivity index (χ2n) is 6.82. The van der Waals surface area contributed by atoms with Gasteiger partial charge in [0.15, 0.2) is 5.58 Å². The molecule has 0 saturated carbocycles. The van der Waals surface area contributed by atoms with Gasteiger partial charge >= 0.3 is 5.63 Å². The number of phenolic OH excluding ortho intramolecular Hbond substituents is 1. The van der Waals surface area contributed by atoms with Gasteiger partial charge in [-0.3, -0.25) is 0 Å². The van der Waals surface area contributed by atoms with Crippen LogP contribution in [0.5, 0.6) is 11.5 Å². The van der Waals surface area contributed by atoms with E-state index in [9.17, 15) is 15.0 Å². The number of aromatic hydroxyl groups is 2. The minimum atomic E-state index is -0.659. The molecule has 5 aromatic rings. The minimum Gasteiger partial charge on any atom is -0.507 e. The highest BCUT2D eigenvalue weighted by atomic mass is 16.4. The van der Waals surface area contributed by atoms with Gasteiger partial charge < -0.3 is 14.6 Å². The lowest BCUT2D eigenvalue weighted by Gasteiger charge is -2.15. The van der Waals surface area contributed by atoms with E-state index in [0.717, 1.165) is 0 Å². The molecule has 0 amide bonds. The Morgan fingerprint density at radius 3 is 1.72 bits per heavy atom. The first-order valence-electron chi connectivity index (χ1n) is 9.21. The van der Waals surface area contributed by atoms with Crippen LogP contribution in [-0.2, 0) is 0 Å². The molecule has 4 heteroatoms. The van der Waals surface area contributed by atoms with Gasteiger partial charge in [-0.25, -0.2) is 4.79 Å². The minimum absolute atomic E-state index is 0.00862. The van der Waals surface area contributed by atoms with Crippen molar-refractivity contribution in [2.45, 2.75) is 0 Å². The Kier molecular flexibility index (Phi) is 3.85. The fourth-order valence-corrected chi connectivity index (χ4v) is 3.83. The molecule has 0 bridgehead atoms. The molecule has 5 rings (SSSR count). The maximum Gasteiger partial charge on any atom is 0.348 e. The molecule has 29 heavy (non-hydrogen) atoms. The number of phenols is 1. The van der Waals surface area contributed by atoms with E-state index in [1.165, 1.54) is 0 Å². The SMILES string of the molecule is O=c1oc2c(-c3ccccc3)c(O)c3ccccc3c2c(O)c1-c1ccccc1. The smallest absolute Gasteiger partial charge is 0.348 e. The third kappa shape index (κ3) is 2.57. The number of fused-ring (bicyclic) bond motifs is 3. The molecule has 4 aromatic carbocycles.